The van der Waals surface area contributed by atoms with E-state index in [0.29, 0.717) is 39.7 Å². The standard InChI is InChI=1S/C31H37FN10O2/c1-19-30(43)42(23-6-9-27(33-17-23)40-12-10-39(2)11-13-40)26-18-34-31(36-21-14-20-16-35-38-28(20)25(32)15-21)37-29(26)41(19)22-4-7-24(44-3)8-5-22/h6,9,14-19,22,24H,4-5,7-8,10-13H2,1-3H3,(H,35,38)(H,34,36,37)/t19-,22-,24-/m1/s1. The van der Waals surface area contributed by atoms with Gasteiger partial charge in [-0.05, 0) is 63.9 Å². The van der Waals surface area contributed by atoms with Crippen molar-refractivity contribution in [2.45, 2.75) is 50.8 Å². The highest BCUT2D eigenvalue weighted by atomic mass is 19.1. The zero-order valence-corrected chi connectivity index (χ0v) is 25.2. The number of fused-ring (bicyclic) bond motifs is 2. The van der Waals surface area contributed by atoms with Crippen molar-refractivity contribution in [3.8, 4) is 0 Å². The van der Waals surface area contributed by atoms with Crippen LogP contribution in [-0.2, 0) is 9.53 Å². The zero-order chi connectivity index (χ0) is 30.4. The maximum absolute atomic E-state index is 14.7. The van der Waals surface area contributed by atoms with Gasteiger partial charge in [0.25, 0.3) is 5.91 Å². The summed E-state index contributed by atoms with van der Waals surface area (Å²) in [6, 6.07) is 6.75. The van der Waals surface area contributed by atoms with Gasteiger partial charge < -0.3 is 24.8 Å². The van der Waals surface area contributed by atoms with Crippen molar-refractivity contribution in [2.24, 2.45) is 0 Å². The average Bonchev–Trinajstić information content (AvgIpc) is 3.52. The van der Waals surface area contributed by atoms with Crippen LogP contribution in [0.5, 0.6) is 0 Å². The van der Waals surface area contributed by atoms with Crippen molar-refractivity contribution in [3.05, 3.63) is 48.7 Å². The molecule has 3 aromatic heterocycles. The van der Waals surface area contributed by atoms with Gasteiger partial charge in [0.2, 0.25) is 5.95 Å². The summed E-state index contributed by atoms with van der Waals surface area (Å²) in [4.78, 5) is 36.8. The van der Waals surface area contributed by atoms with Gasteiger partial charge in [-0.1, -0.05) is 0 Å². The molecule has 12 nitrogen and oxygen atoms in total. The number of nitrogens with one attached hydrogen (secondary N) is 2. The summed E-state index contributed by atoms with van der Waals surface area (Å²) >= 11 is 0. The van der Waals surface area contributed by atoms with Gasteiger partial charge in [0, 0.05) is 50.4 Å². The molecule has 1 atom stereocenters. The largest absolute Gasteiger partial charge is 0.381 e. The highest BCUT2D eigenvalue weighted by Gasteiger charge is 2.42. The summed E-state index contributed by atoms with van der Waals surface area (Å²) < 4.78 is 20.3. The molecule has 2 aliphatic heterocycles. The molecule has 13 heteroatoms. The Balaban J connectivity index is 1.24. The van der Waals surface area contributed by atoms with Crippen LogP contribution in [0.3, 0.4) is 0 Å². The minimum atomic E-state index is -0.466. The monoisotopic (exact) mass is 600 g/mol. The summed E-state index contributed by atoms with van der Waals surface area (Å²) in [6.07, 6.45) is 8.81. The van der Waals surface area contributed by atoms with E-state index < -0.39 is 11.9 Å². The Hall–Kier alpha value is -4.36. The van der Waals surface area contributed by atoms with E-state index in [2.05, 4.69) is 42.2 Å². The number of benzene rings is 1. The number of ether oxygens (including phenoxy) is 1. The Bertz CT molecular complexity index is 1650. The third-order valence-electron chi connectivity index (χ3n) is 9.18. The van der Waals surface area contributed by atoms with Crippen LogP contribution in [0.25, 0.3) is 10.9 Å². The normalized spacial score (nSPS) is 22.9. The molecule has 2 fully saturated rings. The van der Waals surface area contributed by atoms with Crippen molar-refractivity contribution < 1.29 is 13.9 Å². The Morgan fingerprint density at radius 1 is 1.02 bits per heavy atom. The molecule has 1 saturated heterocycles. The van der Waals surface area contributed by atoms with Crippen LogP contribution in [0.1, 0.15) is 32.6 Å². The average molecular weight is 601 g/mol. The number of halogens is 1. The van der Waals surface area contributed by atoms with Gasteiger partial charge in [-0.3, -0.25) is 14.8 Å². The Morgan fingerprint density at radius 3 is 2.55 bits per heavy atom. The molecule has 0 spiro atoms. The van der Waals surface area contributed by atoms with Crippen molar-refractivity contribution in [3.63, 3.8) is 0 Å². The number of aromatic nitrogens is 5. The maximum atomic E-state index is 14.7. The number of H-pyrrole nitrogens is 1. The topological polar surface area (TPSA) is 119 Å². The molecular weight excluding hydrogens is 563 g/mol. The van der Waals surface area contributed by atoms with Gasteiger partial charge >= 0.3 is 0 Å². The van der Waals surface area contributed by atoms with E-state index in [1.807, 2.05) is 19.1 Å². The van der Waals surface area contributed by atoms with Crippen LogP contribution < -0.4 is 20.0 Å². The van der Waals surface area contributed by atoms with Crippen LogP contribution in [0.2, 0.25) is 0 Å². The Kier molecular flexibility index (Phi) is 7.50. The molecule has 1 amide bonds. The number of hydrogen-bond donors (Lipinski definition) is 2. The minimum absolute atomic E-state index is 0.0581. The molecule has 3 aliphatic rings. The summed E-state index contributed by atoms with van der Waals surface area (Å²) in [5.74, 6) is 1.39. The van der Waals surface area contributed by atoms with Crippen LogP contribution >= 0.6 is 0 Å². The van der Waals surface area contributed by atoms with E-state index in [1.165, 1.54) is 6.07 Å². The molecule has 5 heterocycles. The quantitative estimate of drug-likeness (QED) is 0.333. The fourth-order valence-electron chi connectivity index (χ4n) is 6.65. The van der Waals surface area contributed by atoms with E-state index in [9.17, 15) is 9.18 Å². The molecule has 44 heavy (non-hydrogen) atoms. The van der Waals surface area contributed by atoms with Gasteiger partial charge in [-0.25, -0.2) is 14.4 Å². The Morgan fingerprint density at radius 2 is 1.82 bits per heavy atom. The van der Waals surface area contributed by atoms with Crippen LogP contribution in [0, 0.1) is 5.82 Å². The third kappa shape index (κ3) is 5.19. The van der Waals surface area contributed by atoms with Crippen LogP contribution in [0.4, 0.5) is 39.0 Å². The van der Waals surface area contributed by atoms with Crippen molar-refractivity contribution in [1.29, 1.82) is 0 Å². The molecule has 4 aromatic rings. The molecule has 1 aromatic carbocycles. The second-order valence-corrected chi connectivity index (χ2v) is 11.9. The Labute approximate surface area is 255 Å². The van der Waals surface area contributed by atoms with Gasteiger partial charge in [-0.2, -0.15) is 10.1 Å². The van der Waals surface area contributed by atoms with Gasteiger partial charge in [0.1, 0.15) is 23.1 Å². The molecule has 230 valence electrons. The van der Waals surface area contributed by atoms with E-state index in [0.717, 1.165) is 57.7 Å². The van der Waals surface area contributed by atoms with Gasteiger partial charge in [0.05, 0.1) is 30.4 Å². The van der Waals surface area contributed by atoms with Gasteiger partial charge in [-0.15, -0.1) is 0 Å². The third-order valence-corrected chi connectivity index (χ3v) is 9.18. The van der Waals surface area contributed by atoms with E-state index in [-0.39, 0.29) is 18.1 Å². The number of rotatable bonds is 6. The highest BCUT2D eigenvalue weighted by Crippen LogP contribution is 2.43. The SMILES string of the molecule is CO[C@H]1CC[C@H](N2c3nc(Nc4cc(F)c5[nH]ncc5c4)ncc3N(c3ccc(N4CCN(C)CC4)nc3)C(=O)[C@H]2C)CC1. The molecular formula is C31H37FN10O2. The second kappa shape index (κ2) is 11.6. The molecule has 7 rings (SSSR count). The molecule has 0 unspecified atom stereocenters. The number of carbonyl (C=O) groups excluding carboxylic acids is 1. The van der Waals surface area contributed by atoms with Crippen molar-refractivity contribution >= 4 is 51.5 Å². The number of anilines is 6. The smallest absolute Gasteiger partial charge is 0.254 e. The maximum Gasteiger partial charge on any atom is 0.254 e. The molecule has 1 saturated carbocycles. The predicted molar refractivity (Wildman–Crippen MR) is 167 cm³/mol. The van der Waals surface area contributed by atoms with E-state index in [1.54, 1.807) is 36.7 Å². The second-order valence-electron chi connectivity index (χ2n) is 11.9. The highest BCUT2D eigenvalue weighted by molar-refractivity contribution is 6.09. The summed E-state index contributed by atoms with van der Waals surface area (Å²) in [5.41, 5.74) is 2.11. The molecule has 0 radical (unpaired) electrons. The number of methoxy groups -OCH3 is 1. The minimum Gasteiger partial charge on any atom is -0.381 e. The first-order valence-corrected chi connectivity index (χ1v) is 15.2. The lowest BCUT2D eigenvalue weighted by Gasteiger charge is -2.46. The van der Waals surface area contributed by atoms with Crippen LogP contribution in [-0.4, -0.2) is 94.5 Å². The van der Waals surface area contributed by atoms with Crippen molar-refractivity contribution in [1.82, 2.24) is 30.0 Å². The lowest BCUT2D eigenvalue weighted by molar-refractivity contribution is -0.119. The number of likely N-dealkylation sites (N-methyl/N-ethyl adjacent to an activating group) is 1. The first-order chi connectivity index (χ1) is 21.4. The number of aromatic amines is 1. The fraction of sp³-hybridized carbons (Fsp3) is 0.452. The zero-order valence-electron chi connectivity index (χ0n) is 25.2. The first kappa shape index (κ1) is 28.4. The number of amides is 1. The lowest BCUT2D eigenvalue weighted by atomic mass is 9.90. The van der Waals surface area contributed by atoms with Crippen LogP contribution in [0.15, 0.2) is 42.9 Å². The van der Waals surface area contributed by atoms with Crippen molar-refractivity contribution in [2.75, 3.05) is 60.4 Å². The first-order valence-electron chi connectivity index (χ1n) is 15.2. The number of carbonyl (C=O) groups is 1. The van der Waals surface area contributed by atoms with E-state index >= 15 is 0 Å². The van der Waals surface area contributed by atoms with E-state index in [4.69, 9.17) is 14.7 Å². The molecule has 0 bridgehead atoms. The summed E-state index contributed by atoms with van der Waals surface area (Å²) in [7, 11) is 3.88. The van der Waals surface area contributed by atoms with Gasteiger partial charge in [0.15, 0.2) is 11.6 Å². The number of piperazine rings is 1. The predicted octanol–water partition coefficient (Wildman–Crippen LogP) is 4.21. The molecule has 2 N–H and O–H groups in total. The number of nitrogens with zero attached hydrogens (tertiary/aromatic N) is 8. The number of pyridine rings is 1. The molecule has 1 aliphatic carbocycles. The number of hydrogen-bond acceptors (Lipinski definition) is 10. The fourth-order valence-corrected chi connectivity index (χ4v) is 6.65. The summed E-state index contributed by atoms with van der Waals surface area (Å²) in [6.45, 7) is 5.72. The summed E-state index contributed by atoms with van der Waals surface area (Å²) in [5, 5.41) is 10.4. The lowest BCUT2D eigenvalue weighted by Crippen LogP contribution is -2.55.